The summed E-state index contributed by atoms with van der Waals surface area (Å²) in [5, 5.41) is 19.1. The summed E-state index contributed by atoms with van der Waals surface area (Å²) in [5.41, 5.74) is 5.76. The molecule has 1 amide bonds. The fraction of sp³-hybridized carbons (Fsp3) is 0.533. The highest BCUT2D eigenvalue weighted by molar-refractivity contribution is 5.97. The third-order valence-corrected chi connectivity index (χ3v) is 3.77. The average molecular weight is 293 g/mol. The Balaban J connectivity index is 1.99. The summed E-state index contributed by atoms with van der Waals surface area (Å²) in [5.74, 6) is -0.412. The Kier molecular flexibility index (Phi) is 5.41. The van der Waals surface area contributed by atoms with Crippen molar-refractivity contribution in [1.82, 2.24) is 9.80 Å². The van der Waals surface area contributed by atoms with Crippen LogP contribution < -0.4 is 5.73 Å². The molecule has 1 aromatic rings. The van der Waals surface area contributed by atoms with Crippen LogP contribution in [0.3, 0.4) is 0 Å². The minimum atomic E-state index is -0.187. The summed E-state index contributed by atoms with van der Waals surface area (Å²) in [6.07, 6.45) is 1.88. The Hall–Kier alpha value is -1.79. The summed E-state index contributed by atoms with van der Waals surface area (Å²) >= 11 is 0. The van der Waals surface area contributed by atoms with Crippen LogP contribution in [0.15, 0.2) is 18.2 Å². The van der Waals surface area contributed by atoms with Gasteiger partial charge in [0.1, 0.15) is 11.5 Å². The lowest BCUT2D eigenvalue weighted by Gasteiger charge is -2.22. The molecule has 4 N–H and O–H groups in total. The van der Waals surface area contributed by atoms with Crippen LogP contribution in [0.2, 0.25) is 0 Å². The van der Waals surface area contributed by atoms with E-state index < -0.39 is 0 Å². The van der Waals surface area contributed by atoms with Gasteiger partial charge in [0.25, 0.3) is 5.91 Å². The van der Waals surface area contributed by atoms with E-state index in [4.69, 9.17) is 5.73 Å². The number of carbonyl (C=O) groups excluding carboxylic acids is 1. The molecule has 21 heavy (non-hydrogen) atoms. The summed E-state index contributed by atoms with van der Waals surface area (Å²) in [4.78, 5) is 16.5. The Morgan fingerprint density at radius 2 is 2.00 bits per heavy atom. The molecule has 0 radical (unpaired) electrons. The topological polar surface area (TPSA) is 90.0 Å². The second kappa shape index (κ2) is 7.28. The van der Waals surface area contributed by atoms with Gasteiger partial charge in [-0.1, -0.05) is 0 Å². The van der Waals surface area contributed by atoms with Crippen LogP contribution in [0.1, 0.15) is 23.2 Å². The highest BCUT2D eigenvalue weighted by atomic mass is 16.3. The smallest absolute Gasteiger partial charge is 0.257 e. The molecule has 6 heteroatoms. The van der Waals surface area contributed by atoms with Crippen LogP contribution in [0, 0.1) is 0 Å². The SMILES string of the molecule is NCCCN1CCCN(C(=O)c2ccc(O)cc2O)CC1. The Morgan fingerprint density at radius 1 is 1.19 bits per heavy atom. The number of aromatic hydroxyl groups is 2. The molecule has 2 rings (SSSR count). The molecule has 1 fully saturated rings. The van der Waals surface area contributed by atoms with Gasteiger partial charge in [-0.15, -0.1) is 0 Å². The molecular formula is C15H23N3O3. The van der Waals surface area contributed by atoms with E-state index in [0.717, 1.165) is 32.5 Å². The Labute approximate surface area is 124 Å². The molecular weight excluding hydrogens is 270 g/mol. The van der Waals surface area contributed by atoms with Crippen LogP contribution in [-0.4, -0.2) is 65.2 Å². The van der Waals surface area contributed by atoms with Gasteiger partial charge in [0.2, 0.25) is 0 Å². The lowest BCUT2D eigenvalue weighted by Crippen LogP contribution is -2.35. The number of carbonyl (C=O) groups is 1. The molecule has 116 valence electrons. The number of benzene rings is 1. The average Bonchev–Trinajstić information content (AvgIpc) is 2.70. The Morgan fingerprint density at radius 3 is 2.71 bits per heavy atom. The van der Waals surface area contributed by atoms with Gasteiger partial charge in [-0.3, -0.25) is 4.79 Å². The summed E-state index contributed by atoms with van der Waals surface area (Å²) in [6, 6.07) is 4.07. The monoisotopic (exact) mass is 293 g/mol. The lowest BCUT2D eigenvalue weighted by molar-refractivity contribution is 0.0758. The van der Waals surface area contributed by atoms with Crippen LogP contribution in [0.5, 0.6) is 11.5 Å². The maximum Gasteiger partial charge on any atom is 0.257 e. The molecule has 0 aliphatic carbocycles. The zero-order chi connectivity index (χ0) is 15.2. The molecule has 0 atom stereocenters. The number of rotatable bonds is 4. The number of nitrogens with zero attached hydrogens (tertiary/aromatic N) is 2. The molecule has 1 aliphatic rings. The third-order valence-electron chi connectivity index (χ3n) is 3.77. The second-order valence-electron chi connectivity index (χ2n) is 5.33. The van der Waals surface area contributed by atoms with Crippen LogP contribution >= 0.6 is 0 Å². The normalized spacial score (nSPS) is 16.7. The summed E-state index contributed by atoms with van der Waals surface area (Å²) in [6.45, 7) is 4.75. The summed E-state index contributed by atoms with van der Waals surface area (Å²) in [7, 11) is 0. The number of phenolic OH excluding ortho intramolecular Hbond substituents is 2. The van der Waals surface area contributed by atoms with Crippen molar-refractivity contribution >= 4 is 5.91 Å². The number of hydrogen-bond acceptors (Lipinski definition) is 5. The lowest BCUT2D eigenvalue weighted by atomic mass is 10.1. The minimum Gasteiger partial charge on any atom is -0.508 e. The summed E-state index contributed by atoms with van der Waals surface area (Å²) < 4.78 is 0. The number of phenols is 2. The van der Waals surface area contributed by atoms with Crippen molar-refractivity contribution in [2.24, 2.45) is 5.73 Å². The van der Waals surface area contributed by atoms with E-state index in [1.54, 1.807) is 4.90 Å². The maximum absolute atomic E-state index is 12.5. The van der Waals surface area contributed by atoms with Gasteiger partial charge in [0, 0.05) is 25.7 Å². The number of hydrogen-bond donors (Lipinski definition) is 3. The Bertz CT molecular complexity index is 493. The van der Waals surface area contributed by atoms with Crippen molar-refractivity contribution in [1.29, 1.82) is 0 Å². The van der Waals surface area contributed by atoms with Crippen molar-refractivity contribution in [2.45, 2.75) is 12.8 Å². The van der Waals surface area contributed by atoms with Gasteiger partial charge in [-0.25, -0.2) is 0 Å². The largest absolute Gasteiger partial charge is 0.508 e. The highest BCUT2D eigenvalue weighted by Crippen LogP contribution is 2.24. The first kappa shape index (κ1) is 15.6. The first-order chi connectivity index (χ1) is 10.1. The van der Waals surface area contributed by atoms with E-state index >= 15 is 0 Å². The van der Waals surface area contributed by atoms with E-state index in [0.29, 0.717) is 19.6 Å². The molecule has 0 spiro atoms. The van der Waals surface area contributed by atoms with Crippen molar-refractivity contribution in [3.8, 4) is 11.5 Å². The van der Waals surface area contributed by atoms with E-state index in [9.17, 15) is 15.0 Å². The standard InChI is InChI=1S/C15H23N3O3/c16-5-1-6-17-7-2-8-18(10-9-17)15(21)13-4-3-12(19)11-14(13)20/h3-4,11,19-20H,1-2,5-10,16H2. The van der Waals surface area contributed by atoms with Gasteiger partial charge in [0.15, 0.2) is 0 Å². The van der Waals surface area contributed by atoms with Gasteiger partial charge >= 0.3 is 0 Å². The van der Waals surface area contributed by atoms with Gasteiger partial charge in [-0.2, -0.15) is 0 Å². The van der Waals surface area contributed by atoms with E-state index in [2.05, 4.69) is 4.90 Å². The zero-order valence-corrected chi connectivity index (χ0v) is 12.2. The van der Waals surface area contributed by atoms with Gasteiger partial charge in [0.05, 0.1) is 5.56 Å². The first-order valence-electron chi connectivity index (χ1n) is 7.35. The molecule has 1 heterocycles. The van der Waals surface area contributed by atoms with E-state index in [-0.39, 0.29) is 23.0 Å². The fourth-order valence-corrected chi connectivity index (χ4v) is 2.58. The molecule has 0 bridgehead atoms. The first-order valence-corrected chi connectivity index (χ1v) is 7.35. The molecule has 1 saturated heterocycles. The molecule has 6 nitrogen and oxygen atoms in total. The van der Waals surface area contributed by atoms with Crippen molar-refractivity contribution < 1.29 is 15.0 Å². The van der Waals surface area contributed by atoms with Gasteiger partial charge < -0.3 is 25.7 Å². The highest BCUT2D eigenvalue weighted by Gasteiger charge is 2.22. The molecule has 0 saturated carbocycles. The van der Waals surface area contributed by atoms with Crippen LogP contribution in [-0.2, 0) is 0 Å². The van der Waals surface area contributed by atoms with Crippen molar-refractivity contribution in [2.75, 3.05) is 39.3 Å². The predicted molar refractivity (Wildman–Crippen MR) is 80.4 cm³/mol. The van der Waals surface area contributed by atoms with E-state index in [1.165, 1.54) is 18.2 Å². The fourth-order valence-electron chi connectivity index (χ4n) is 2.58. The van der Waals surface area contributed by atoms with Crippen LogP contribution in [0.4, 0.5) is 0 Å². The number of nitrogens with two attached hydrogens (primary N) is 1. The maximum atomic E-state index is 12.5. The van der Waals surface area contributed by atoms with Crippen molar-refractivity contribution in [3.05, 3.63) is 23.8 Å². The quantitative estimate of drug-likeness (QED) is 0.756. The molecule has 1 aromatic carbocycles. The van der Waals surface area contributed by atoms with Crippen molar-refractivity contribution in [3.63, 3.8) is 0 Å². The zero-order valence-electron chi connectivity index (χ0n) is 12.2. The molecule has 1 aliphatic heterocycles. The predicted octanol–water partition coefficient (Wildman–Crippen LogP) is 0.595. The number of amides is 1. The van der Waals surface area contributed by atoms with Crippen LogP contribution in [0.25, 0.3) is 0 Å². The minimum absolute atomic E-state index is 0.0483. The molecule has 0 aromatic heterocycles. The van der Waals surface area contributed by atoms with Gasteiger partial charge in [-0.05, 0) is 44.6 Å². The van der Waals surface area contributed by atoms with E-state index in [1.807, 2.05) is 0 Å². The third kappa shape index (κ3) is 4.09. The molecule has 0 unspecified atom stereocenters. The second-order valence-corrected chi connectivity index (χ2v) is 5.33.